The first-order chi connectivity index (χ1) is 25.7. The van der Waals surface area contributed by atoms with Crippen LogP contribution in [-0.4, -0.2) is 18.4 Å². The topological polar surface area (TPSA) is 50.2 Å². The molecule has 9 rings (SSSR count). The Labute approximate surface area is 301 Å². The first-order valence-electron chi connectivity index (χ1n) is 17.4. The van der Waals surface area contributed by atoms with Crippen LogP contribution in [0.25, 0.3) is 65.7 Å². The summed E-state index contributed by atoms with van der Waals surface area (Å²) in [7, 11) is 0. The van der Waals surface area contributed by atoms with E-state index >= 15 is 0 Å². The fourth-order valence-electron chi connectivity index (χ4n) is 6.96. The molecule has 0 amide bonds. The Kier molecular flexibility index (Phi) is 8.03. The molecule has 1 heterocycles. The number of nitrogens with zero attached hydrogens (tertiary/aromatic N) is 3. The van der Waals surface area contributed by atoms with Crippen molar-refractivity contribution in [2.24, 2.45) is 15.0 Å². The second-order valence-corrected chi connectivity index (χ2v) is 12.9. The molecule has 9 aromatic rings. The SMILES string of the molecule is C=N/C(=N\C(=N/Cc1ccc2cc(-c3ccccc3)ccc2c1)c1ccccc1)c1cc(-c2ccccc2)cc2c1oc1cc3ccccc3cc12. The number of benzene rings is 8. The highest BCUT2D eigenvalue weighted by Gasteiger charge is 2.19. The Morgan fingerprint density at radius 3 is 1.83 bits per heavy atom. The zero-order valence-electron chi connectivity index (χ0n) is 28.4. The molecule has 0 bridgehead atoms. The Morgan fingerprint density at radius 1 is 0.481 bits per heavy atom. The van der Waals surface area contributed by atoms with Crippen LogP contribution in [0.2, 0.25) is 0 Å². The Bertz CT molecular complexity index is 2820. The van der Waals surface area contributed by atoms with Crippen LogP contribution in [0.1, 0.15) is 16.7 Å². The molecular weight excluding hydrogens is 635 g/mol. The maximum absolute atomic E-state index is 6.65. The summed E-state index contributed by atoms with van der Waals surface area (Å²) in [5.74, 6) is 1.02. The predicted molar refractivity (Wildman–Crippen MR) is 219 cm³/mol. The maximum Gasteiger partial charge on any atom is 0.164 e. The molecule has 246 valence electrons. The third-order valence-corrected chi connectivity index (χ3v) is 9.60. The van der Waals surface area contributed by atoms with Crippen molar-refractivity contribution in [2.75, 3.05) is 0 Å². The van der Waals surface area contributed by atoms with Gasteiger partial charge in [-0.2, -0.15) is 0 Å². The summed E-state index contributed by atoms with van der Waals surface area (Å²) >= 11 is 0. The van der Waals surface area contributed by atoms with Gasteiger partial charge in [0.2, 0.25) is 0 Å². The van der Waals surface area contributed by atoms with Gasteiger partial charge in [0.05, 0.1) is 12.1 Å². The number of aliphatic imine (C=N–C) groups is 3. The van der Waals surface area contributed by atoms with E-state index in [9.17, 15) is 0 Å². The second kappa shape index (κ2) is 13.4. The molecular formula is C48H33N3O. The van der Waals surface area contributed by atoms with Crippen LogP contribution in [0.15, 0.2) is 195 Å². The summed E-state index contributed by atoms with van der Waals surface area (Å²) in [5.41, 5.74) is 8.81. The third kappa shape index (κ3) is 5.97. The zero-order chi connectivity index (χ0) is 34.9. The Hall–Kier alpha value is -6.91. The van der Waals surface area contributed by atoms with Gasteiger partial charge >= 0.3 is 0 Å². The van der Waals surface area contributed by atoms with Gasteiger partial charge in [-0.25, -0.2) is 9.98 Å². The molecule has 0 radical (unpaired) electrons. The molecule has 1 aromatic heterocycles. The summed E-state index contributed by atoms with van der Waals surface area (Å²) in [6.45, 7) is 4.45. The molecule has 0 fully saturated rings. The average molecular weight is 668 g/mol. The van der Waals surface area contributed by atoms with Gasteiger partial charge in [-0.05, 0) is 92.5 Å². The lowest BCUT2D eigenvalue weighted by atomic mass is 9.98. The molecule has 0 N–H and O–H groups in total. The summed E-state index contributed by atoms with van der Waals surface area (Å²) in [5, 5.41) is 6.68. The van der Waals surface area contributed by atoms with Crippen LogP contribution >= 0.6 is 0 Å². The van der Waals surface area contributed by atoms with Crippen LogP contribution < -0.4 is 0 Å². The van der Waals surface area contributed by atoms with E-state index in [0.29, 0.717) is 23.8 Å². The van der Waals surface area contributed by atoms with E-state index in [-0.39, 0.29) is 0 Å². The van der Waals surface area contributed by atoms with Gasteiger partial charge < -0.3 is 4.42 Å². The van der Waals surface area contributed by atoms with Crippen LogP contribution in [0.3, 0.4) is 0 Å². The number of amidine groups is 2. The van der Waals surface area contributed by atoms with Crippen LogP contribution in [0, 0.1) is 0 Å². The minimum atomic E-state index is 0.445. The molecule has 4 heteroatoms. The standard InChI is InChI=1S/C48H33N3O/c1-49-48(44-29-41(34-15-7-3-8-16-34)28-43-42-27-36-19-11-12-20-37(36)30-45(42)52-46(43)44)51-47(35-17-9-4-10-18-35)50-31-32-21-22-40-26-39(24-23-38(40)25-32)33-13-5-2-6-14-33/h2-30H,1,31H2/b50-47-,51-48-. The van der Waals surface area contributed by atoms with Gasteiger partial charge in [-0.15, -0.1) is 0 Å². The smallest absolute Gasteiger partial charge is 0.164 e. The first-order valence-corrected chi connectivity index (χ1v) is 17.4. The van der Waals surface area contributed by atoms with Crippen molar-refractivity contribution in [1.29, 1.82) is 0 Å². The van der Waals surface area contributed by atoms with Crippen LogP contribution in [0.5, 0.6) is 0 Å². The normalized spacial score (nSPS) is 12.2. The quantitative estimate of drug-likeness (QED) is 0.129. The Morgan fingerprint density at radius 2 is 1.10 bits per heavy atom. The van der Waals surface area contributed by atoms with E-state index in [0.717, 1.165) is 54.9 Å². The van der Waals surface area contributed by atoms with Gasteiger partial charge in [0.25, 0.3) is 0 Å². The lowest BCUT2D eigenvalue weighted by molar-refractivity contribution is 0.668. The zero-order valence-corrected chi connectivity index (χ0v) is 28.4. The minimum Gasteiger partial charge on any atom is -0.455 e. The summed E-state index contributed by atoms with van der Waals surface area (Å²) in [4.78, 5) is 14.8. The molecule has 0 aliphatic rings. The van der Waals surface area contributed by atoms with E-state index in [1.54, 1.807) is 0 Å². The summed E-state index contributed by atoms with van der Waals surface area (Å²) in [6, 6.07) is 61.0. The van der Waals surface area contributed by atoms with E-state index in [2.05, 4.69) is 139 Å². The van der Waals surface area contributed by atoms with Gasteiger partial charge in [0.15, 0.2) is 11.7 Å². The fraction of sp³-hybridized carbons (Fsp3) is 0.0208. The van der Waals surface area contributed by atoms with Gasteiger partial charge in [-0.3, -0.25) is 4.99 Å². The first kappa shape index (κ1) is 31.1. The number of rotatable bonds is 6. The van der Waals surface area contributed by atoms with Crippen molar-refractivity contribution in [1.82, 2.24) is 0 Å². The lowest BCUT2D eigenvalue weighted by Gasteiger charge is -2.09. The van der Waals surface area contributed by atoms with Crippen molar-refractivity contribution in [2.45, 2.75) is 6.54 Å². The molecule has 4 nitrogen and oxygen atoms in total. The highest BCUT2D eigenvalue weighted by atomic mass is 16.3. The molecule has 0 aliphatic heterocycles. The molecule has 0 saturated carbocycles. The average Bonchev–Trinajstić information content (AvgIpc) is 3.57. The highest BCUT2D eigenvalue weighted by Crippen LogP contribution is 2.37. The molecule has 0 saturated heterocycles. The molecule has 0 aliphatic carbocycles. The van der Waals surface area contributed by atoms with Gasteiger partial charge in [0, 0.05) is 16.3 Å². The van der Waals surface area contributed by atoms with E-state index in [1.165, 1.54) is 21.9 Å². The van der Waals surface area contributed by atoms with E-state index in [1.807, 2.05) is 48.5 Å². The van der Waals surface area contributed by atoms with Gasteiger partial charge in [-0.1, -0.05) is 140 Å². The highest BCUT2D eigenvalue weighted by molar-refractivity contribution is 6.21. The van der Waals surface area contributed by atoms with Crippen LogP contribution in [0.4, 0.5) is 0 Å². The van der Waals surface area contributed by atoms with Crippen molar-refractivity contribution in [3.05, 3.63) is 193 Å². The van der Waals surface area contributed by atoms with Crippen molar-refractivity contribution >= 4 is 61.9 Å². The van der Waals surface area contributed by atoms with E-state index < -0.39 is 0 Å². The lowest BCUT2D eigenvalue weighted by Crippen LogP contribution is -2.06. The maximum atomic E-state index is 6.65. The molecule has 52 heavy (non-hydrogen) atoms. The van der Waals surface area contributed by atoms with Crippen molar-refractivity contribution < 1.29 is 4.42 Å². The van der Waals surface area contributed by atoms with Crippen LogP contribution in [-0.2, 0) is 6.54 Å². The molecule has 0 spiro atoms. The predicted octanol–water partition coefficient (Wildman–Crippen LogP) is 12.3. The Balaban J connectivity index is 1.16. The summed E-state index contributed by atoms with van der Waals surface area (Å²) in [6.07, 6.45) is 0. The summed E-state index contributed by atoms with van der Waals surface area (Å²) < 4.78 is 6.65. The second-order valence-electron chi connectivity index (χ2n) is 12.9. The molecule has 0 atom stereocenters. The van der Waals surface area contributed by atoms with Crippen molar-refractivity contribution in [3.8, 4) is 22.3 Å². The minimum absolute atomic E-state index is 0.445. The third-order valence-electron chi connectivity index (χ3n) is 9.60. The number of furan rings is 1. The van der Waals surface area contributed by atoms with E-state index in [4.69, 9.17) is 14.4 Å². The largest absolute Gasteiger partial charge is 0.455 e. The number of fused-ring (bicyclic) bond motifs is 5. The molecule has 0 unspecified atom stereocenters. The van der Waals surface area contributed by atoms with Crippen molar-refractivity contribution in [3.63, 3.8) is 0 Å². The fourth-order valence-corrected chi connectivity index (χ4v) is 6.96. The monoisotopic (exact) mass is 667 g/mol. The van der Waals surface area contributed by atoms with Gasteiger partial charge in [0.1, 0.15) is 11.2 Å². The number of hydrogen-bond donors (Lipinski definition) is 0. The molecule has 8 aromatic carbocycles. The number of hydrogen-bond acceptors (Lipinski definition) is 2.